The number of para-hydroxylation sites is 1. The molecule has 0 aliphatic heterocycles. The number of ether oxygens (including phenoxy) is 2. The van der Waals surface area contributed by atoms with E-state index in [9.17, 15) is 18.0 Å². The van der Waals surface area contributed by atoms with Gasteiger partial charge in [0.1, 0.15) is 5.75 Å². The summed E-state index contributed by atoms with van der Waals surface area (Å²) in [6.07, 6.45) is -1.06. The van der Waals surface area contributed by atoms with Gasteiger partial charge in [-0.1, -0.05) is 18.2 Å². The Balaban J connectivity index is 1.62. The van der Waals surface area contributed by atoms with Crippen LogP contribution in [0.3, 0.4) is 0 Å². The smallest absolute Gasteiger partial charge is 0.338 e. The Bertz CT molecular complexity index is 1230. The molecule has 0 saturated carbocycles. The molecule has 3 aromatic rings. The standard InChI is InChI=1S/C25H26N2O6S/c1-4-32-22-14-12-20(13-15-22)26-24(28)18(2)33-25(29)19-10-16-23(17-11-19)34(30,31)27(3)21-8-6-5-7-9-21/h5-18H,4H2,1-3H3,(H,26,28). The maximum Gasteiger partial charge on any atom is 0.338 e. The molecule has 1 amide bonds. The van der Waals surface area contributed by atoms with Crippen LogP contribution in [-0.2, 0) is 19.6 Å². The molecule has 1 unspecified atom stereocenters. The third-order valence-corrected chi connectivity index (χ3v) is 6.75. The quantitative estimate of drug-likeness (QED) is 0.461. The zero-order valence-corrected chi connectivity index (χ0v) is 19.9. The van der Waals surface area contributed by atoms with Crippen LogP contribution in [0.5, 0.6) is 5.75 Å². The summed E-state index contributed by atoms with van der Waals surface area (Å²) in [6, 6.07) is 20.8. The number of benzene rings is 3. The molecule has 0 radical (unpaired) electrons. The van der Waals surface area contributed by atoms with Gasteiger partial charge in [0.05, 0.1) is 22.8 Å². The second-order valence-corrected chi connectivity index (χ2v) is 9.30. The molecule has 0 aliphatic carbocycles. The van der Waals surface area contributed by atoms with E-state index in [2.05, 4.69) is 5.32 Å². The molecule has 34 heavy (non-hydrogen) atoms. The number of hydrogen-bond acceptors (Lipinski definition) is 6. The van der Waals surface area contributed by atoms with E-state index in [4.69, 9.17) is 9.47 Å². The first-order chi connectivity index (χ1) is 16.2. The van der Waals surface area contributed by atoms with Gasteiger partial charge < -0.3 is 14.8 Å². The van der Waals surface area contributed by atoms with Crippen molar-refractivity contribution >= 4 is 33.3 Å². The van der Waals surface area contributed by atoms with Gasteiger partial charge in [-0.15, -0.1) is 0 Å². The summed E-state index contributed by atoms with van der Waals surface area (Å²) >= 11 is 0. The van der Waals surface area contributed by atoms with E-state index in [1.165, 1.54) is 38.2 Å². The lowest BCUT2D eigenvalue weighted by Gasteiger charge is -2.19. The SMILES string of the molecule is CCOc1ccc(NC(=O)C(C)OC(=O)c2ccc(S(=O)(=O)N(C)c3ccccc3)cc2)cc1. The Labute approximate surface area is 199 Å². The Morgan fingerprint density at radius 2 is 1.56 bits per heavy atom. The Morgan fingerprint density at radius 3 is 2.15 bits per heavy atom. The molecular formula is C25H26N2O6S. The monoisotopic (exact) mass is 482 g/mol. The zero-order valence-electron chi connectivity index (χ0n) is 19.1. The van der Waals surface area contributed by atoms with E-state index < -0.39 is 28.0 Å². The van der Waals surface area contributed by atoms with Crippen molar-refractivity contribution in [2.45, 2.75) is 24.8 Å². The average Bonchev–Trinajstić information content (AvgIpc) is 2.85. The fourth-order valence-corrected chi connectivity index (χ4v) is 4.22. The fourth-order valence-electron chi connectivity index (χ4n) is 3.02. The van der Waals surface area contributed by atoms with Crippen LogP contribution in [0.15, 0.2) is 83.8 Å². The molecule has 3 aromatic carbocycles. The van der Waals surface area contributed by atoms with Gasteiger partial charge in [-0.25, -0.2) is 13.2 Å². The molecule has 1 N–H and O–H groups in total. The van der Waals surface area contributed by atoms with Gasteiger partial charge in [0.15, 0.2) is 6.10 Å². The highest BCUT2D eigenvalue weighted by Crippen LogP contribution is 2.22. The number of sulfonamides is 1. The Morgan fingerprint density at radius 1 is 0.941 bits per heavy atom. The van der Waals surface area contributed by atoms with Crippen LogP contribution in [0, 0.1) is 0 Å². The predicted molar refractivity (Wildman–Crippen MR) is 130 cm³/mol. The highest BCUT2D eigenvalue weighted by molar-refractivity contribution is 7.92. The van der Waals surface area contributed by atoms with E-state index in [1.807, 2.05) is 6.92 Å². The zero-order chi connectivity index (χ0) is 24.7. The summed E-state index contributed by atoms with van der Waals surface area (Å²) in [6.45, 7) is 3.87. The summed E-state index contributed by atoms with van der Waals surface area (Å²) in [4.78, 5) is 24.9. The second kappa shape index (κ2) is 10.8. The molecule has 0 fully saturated rings. The van der Waals surface area contributed by atoms with Crippen LogP contribution < -0.4 is 14.4 Å². The molecule has 178 valence electrons. The van der Waals surface area contributed by atoms with E-state index in [-0.39, 0.29) is 10.5 Å². The lowest BCUT2D eigenvalue weighted by atomic mass is 10.2. The normalized spacial score (nSPS) is 11.9. The summed E-state index contributed by atoms with van der Waals surface area (Å²) in [5.74, 6) is -0.559. The van der Waals surface area contributed by atoms with Gasteiger partial charge in [-0.05, 0) is 74.5 Å². The number of esters is 1. The summed E-state index contributed by atoms with van der Waals surface area (Å²) in [7, 11) is -2.35. The lowest BCUT2D eigenvalue weighted by molar-refractivity contribution is -0.123. The van der Waals surface area contributed by atoms with Crippen molar-refractivity contribution in [2.75, 3.05) is 23.3 Å². The number of hydrogen-bond donors (Lipinski definition) is 1. The van der Waals surface area contributed by atoms with E-state index in [1.54, 1.807) is 54.6 Å². The molecule has 0 heterocycles. The van der Waals surface area contributed by atoms with Gasteiger partial charge in [0, 0.05) is 12.7 Å². The maximum atomic E-state index is 12.9. The van der Waals surface area contributed by atoms with Crippen molar-refractivity contribution in [3.8, 4) is 5.75 Å². The summed E-state index contributed by atoms with van der Waals surface area (Å²) in [5.41, 5.74) is 1.17. The first kappa shape index (κ1) is 24.8. The third-order valence-electron chi connectivity index (χ3n) is 4.95. The summed E-state index contributed by atoms with van der Waals surface area (Å²) in [5, 5.41) is 2.67. The van der Waals surface area contributed by atoms with Crippen molar-refractivity contribution in [3.05, 3.63) is 84.4 Å². The third kappa shape index (κ3) is 5.93. The molecular weight excluding hydrogens is 456 g/mol. The van der Waals surface area contributed by atoms with Crippen molar-refractivity contribution < 1.29 is 27.5 Å². The van der Waals surface area contributed by atoms with Crippen LogP contribution in [0.4, 0.5) is 11.4 Å². The van der Waals surface area contributed by atoms with Crippen molar-refractivity contribution in [1.82, 2.24) is 0 Å². The highest BCUT2D eigenvalue weighted by atomic mass is 32.2. The number of anilines is 2. The first-order valence-corrected chi connectivity index (χ1v) is 12.0. The maximum absolute atomic E-state index is 12.9. The summed E-state index contributed by atoms with van der Waals surface area (Å²) < 4.78 is 37.5. The molecule has 0 aliphatic rings. The van der Waals surface area contributed by atoms with Crippen LogP contribution in [-0.4, -0.2) is 40.1 Å². The molecule has 0 aromatic heterocycles. The van der Waals surface area contributed by atoms with Crippen LogP contribution in [0.1, 0.15) is 24.2 Å². The van der Waals surface area contributed by atoms with Gasteiger partial charge in [-0.3, -0.25) is 9.10 Å². The van der Waals surface area contributed by atoms with Crippen LogP contribution in [0.2, 0.25) is 0 Å². The van der Waals surface area contributed by atoms with Crippen LogP contribution >= 0.6 is 0 Å². The van der Waals surface area contributed by atoms with Crippen molar-refractivity contribution in [1.29, 1.82) is 0 Å². The number of rotatable bonds is 9. The fraction of sp³-hybridized carbons (Fsp3) is 0.200. The number of carbonyl (C=O) groups is 2. The minimum Gasteiger partial charge on any atom is -0.494 e. The Kier molecular flexibility index (Phi) is 7.91. The van der Waals surface area contributed by atoms with E-state index in [0.717, 1.165) is 4.31 Å². The average molecular weight is 483 g/mol. The van der Waals surface area contributed by atoms with Crippen LogP contribution in [0.25, 0.3) is 0 Å². The molecule has 0 spiro atoms. The van der Waals surface area contributed by atoms with Gasteiger partial charge >= 0.3 is 5.97 Å². The largest absolute Gasteiger partial charge is 0.494 e. The van der Waals surface area contributed by atoms with Gasteiger partial charge in [-0.2, -0.15) is 0 Å². The highest BCUT2D eigenvalue weighted by Gasteiger charge is 2.23. The molecule has 1 atom stereocenters. The first-order valence-electron chi connectivity index (χ1n) is 10.6. The van der Waals surface area contributed by atoms with Gasteiger partial charge in [0.2, 0.25) is 0 Å². The van der Waals surface area contributed by atoms with Gasteiger partial charge in [0.25, 0.3) is 15.9 Å². The number of nitrogens with zero attached hydrogens (tertiary/aromatic N) is 1. The number of nitrogens with one attached hydrogen (secondary N) is 1. The van der Waals surface area contributed by atoms with E-state index >= 15 is 0 Å². The minimum absolute atomic E-state index is 0.0247. The number of carbonyl (C=O) groups excluding carboxylic acids is 2. The molecule has 8 nitrogen and oxygen atoms in total. The molecule has 0 bridgehead atoms. The lowest BCUT2D eigenvalue weighted by Crippen LogP contribution is -2.30. The molecule has 0 saturated heterocycles. The Hall–Kier alpha value is -3.85. The van der Waals surface area contributed by atoms with E-state index in [0.29, 0.717) is 23.7 Å². The van der Waals surface area contributed by atoms with Crippen molar-refractivity contribution in [3.63, 3.8) is 0 Å². The minimum atomic E-state index is -3.80. The van der Waals surface area contributed by atoms with Crippen molar-refractivity contribution in [2.24, 2.45) is 0 Å². The number of amides is 1. The predicted octanol–water partition coefficient (Wildman–Crippen LogP) is 4.09. The topological polar surface area (TPSA) is 102 Å². The molecule has 9 heteroatoms. The second-order valence-electron chi connectivity index (χ2n) is 7.33. The molecule has 3 rings (SSSR count).